The van der Waals surface area contributed by atoms with Gasteiger partial charge < -0.3 is 5.73 Å². The summed E-state index contributed by atoms with van der Waals surface area (Å²) in [4.78, 5) is 0.0126. The van der Waals surface area contributed by atoms with E-state index in [4.69, 9.17) is 5.73 Å². The molecule has 0 saturated heterocycles. The summed E-state index contributed by atoms with van der Waals surface area (Å²) < 4.78 is 41.1. The zero-order chi connectivity index (χ0) is 15.8. The summed E-state index contributed by atoms with van der Waals surface area (Å²) in [6, 6.07) is 7.05. The van der Waals surface area contributed by atoms with E-state index < -0.39 is 15.8 Å². The highest BCUT2D eigenvalue weighted by Gasteiger charge is 2.22. The van der Waals surface area contributed by atoms with E-state index in [-0.39, 0.29) is 16.3 Å². The van der Waals surface area contributed by atoms with E-state index in [1.54, 1.807) is 19.9 Å². The third kappa shape index (κ3) is 3.19. The summed E-state index contributed by atoms with van der Waals surface area (Å²) in [6.07, 6.45) is 0. The van der Waals surface area contributed by atoms with Crippen LogP contribution in [0.25, 0.3) is 0 Å². The Morgan fingerprint density at radius 3 is 2.52 bits per heavy atom. The number of nitrogen functional groups attached to an aromatic ring is 1. The fourth-order valence-electron chi connectivity index (χ4n) is 1.94. The summed E-state index contributed by atoms with van der Waals surface area (Å²) in [6.45, 7) is 3.48. The van der Waals surface area contributed by atoms with Gasteiger partial charge in [0.05, 0.1) is 11.4 Å². The Labute approximate surface area is 131 Å². The van der Waals surface area contributed by atoms with Crippen LogP contribution in [0.2, 0.25) is 0 Å². The van der Waals surface area contributed by atoms with E-state index in [1.165, 1.54) is 18.2 Å². The highest BCUT2D eigenvalue weighted by atomic mass is 79.9. The Hall–Kier alpha value is -1.60. The van der Waals surface area contributed by atoms with Crippen molar-refractivity contribution in [1.29, 1.82) is 0 Å². The maximum atomic E-state index is 13.3. The molecule has 0 saturated carbocycles. The summed E-state index contributed by atoms with van der Waals surface area (Å²) >= 11 is 3.18. The molecule has 2 aromatic rings. The SMILES string of the molecule is Cc1ccc(N)c(S(=O)(=O)Nc2cc(F)ccc2Br)c1C. The van der Waals surface area contributed by atoms with Gasteiger partial charge in [-0.2, -0.15) is 0 Å². The predicted molar refractivity (Wildman–Crippen MR) is 85.2 cm³/mol. The number of sulfonamides is 1. The van der Waals surface area contributed by atoms with Gasteiger partial charge in [-0.15, -0.1) is 0 Å². The van der Waals surface area contributed by atoms with Gasteiger partial charge in [0.2, 0.25) is 0 Å². The van der Waals surface area contributed by atoms with Crippen LogP contribution >= 0.6 is 15.9 Å². The fraction of sp³-hybridized carbons (Fsp3) is 0.143. The van der Waals surface area contributed by atoms with Crippen molar-refractivity contribution < 1.29 is 12.8 Å². The molecule has 0 unspecified atom stereocenters. The van der Waals surface area contributed by atoms with Crippen LogP contribution in [0.1, 0.15) is 11.1 Å². The van der Waals surface area contributed by atoms with Crippen LogP contribution in [0.15, 0.2) is 39.7 Å². The van der Waals surface area contributed by atoms with Crippen molar-refractivity contribution in [2.24, 2.45) is 0 Å². The molecule has 0 atom stereocenters. The second-order valence-corrected chi connectivity index (χ2v) is 7.13. The number of aryl methyl sites for hydroxylation is 1. The van der Waals surface area contributed by atoms with Gasteiger partial charge >= 0.3 is 0 Å². The van der Waals surface area contributed by atoms with E-state index in [1.807, 2.05) is 0 Å². The molecular formula is C14H14BrFN2O2S. The summed E-state index contributed by atoms with van der Waals surface area (Å²) in [5, 5.41) is 0. The van der Waals surface area contributed by atoms with Gasteiger partial charge in [-0.3, -0.25) is 4.72 Å². The molecule has 0 radical (unpaired) electrons. The van der Waals surface area contributed by atoms with Gasteiger partial charge in [0, 0.05) is 4.47 Å². The average molecular weight is 373 g/mol. The predicted octanol–water partition coefficient (Wildman–Crippen LogP) is 3.59. The third-order valence-corrected chi connectivity index (χ3v) is 5.41. The number of benzene rings is 2. The number of anilines is 2. The normalized spacial score (nSPS) is 11.4. The van der Waals surface area contributed by atoms with Gasteiger partial charge in [0.1, 0.15) is 10.7 Å². The second-order valence-electron chi connectivity index (χ2n) is 4.66. The second kappa shape index (κ2) is 5.65. The molecule has 2 rings (SSSR count). The standard InChI is InChI=1S/C14H14BrFN2O2S/c1-8-3-6-12(17)14(9(8)2)21(19,20)18-13-7-10(16)4-5-11(13)15/h3-7,18H,17H2,1-2H3. The molecule has 0 amide bonds. The molecule has 0 bridgehead atoms. The van der Waals surface area contributed by atoms with E-state index in [9.17, 15) is 12.8 Å². The van der Waals surface area contributed by atoms with Crippen LogP contribution < -0.4 is 10.5 Å². The fourth-order valence-corrected chi connectivity index (χ4v) is 3.92. The van der Waals surface area contributed by atoms with Crippen molar-refractivity contribution in [3.05, 3.63) is 51.7 Å². The monoisotopic (exact) mass is 372 g/mol. The highest BCUT2D eigenvalue weighted by Crippen LogP contribution is 2.30. The van der Waals surface area contributed by atoms with Crippen LogP contribution in [0.4, 0.5) is 15.8 Å². The lowest BCUT2D eigenvalue weighted by atomic mass is 10.1. The minimum atomic E-state index is -3.91. The maximum Gasteiger partial charge on any atom is 0.264 e. The molecule has 7 heteroatoms. The Morgan fingerprint density at radius 1 is 1.19 bits per heavy atom. The lowest BCUT2D eigenvalue weighted by molar-refractivity contribution is 0.600. The topological polar surface area (TPSA) is 72.2 Å². The molecule has 0 spiro atoms. The van der Waals surface area contributed by atoms with Crippen LogP contribution in [0, 0.1) is 19.7 Å². The van der Waals surface area contributed by atoms with Crippen molar-refractivity contribution in [3.63, 3.8) is 0 Å². The Kier molecular flexibility index (Phi) is 4.25. The minimum absolute atomic E-state index is 0.0126. The first-order chi connectivity index (χ1) is 9.72. The molecular weight excluding hydrogens is 359 g/mol. The van der Waals surface area contributed by atoms with Gasteiger partial charge in [-0.05, 0) is 65.2 Å². The number of hydrogen-bond acceptors (Lipinski definition) is 3. The van der Waals surface area contributed by atoms with Gasteiger partial charge in [0.25, 0.3) is 10.0 Å². The zero-order valence-electron chi connectivity index (χ0n) is 11.4. The number of nitrogens with one attached hydrogen (secondary N) is 1. The van der Waals surface area contributed by atoms with Gasteiger partial charge in [0.15, 0.2) is 0 Å². The first kappa shape index (κ1) is 15.8. The molecule has 2 aromatic carbocycles. The molecule has 21 heavy (non-hydrogen) atoms. The number of hydrogen-bond donors (Lipinski definition) is 2. The Bertz CT molecular complexity index is 807. The molecule has 112 valence electrons. The molecule has 0 aliphatic carbocycles. The van der Waals surface area contributed by atoms with Crippen molar-refractivity contribution in [3.8, 4) is 0 Å². The van der Waals surface area contributed by atoms with Crippen LogP contribution in [-0.2, 0) is 10.0 Å². The van der Waals surface area contributed by atoms with Crippen LogP contribution in [0.3, 0.4) is 0 Å². The van der Waals surface area contributed by atoms with Crippen molar-refractivity contribution in [2.75, 3.05) is 10.5 Å². The average Bonchev–Trinajstić information content (AvgIpc) is 2.38. The summed E-state index contributed by atoms with van der Waals surface area (Å²) in [5.74, 6) is -0.537. The Morgan fingerprint density at radius 2 is 1.86 bits per heavy atom. The number of rotatable bonds is 3. The first-order valence-corrected chi connectivity index (χ1v) is 8.33. The minimum Gasteiger partial charge on any atom is -0.398 e. The van der Waals surface area contributed by atoms with E-state index in [0.29, 0.717) is 10.0 Å². The first-order valence-electron chi connectivity index (χ1n) is 6.06. The quantitative estimate of drug-likeness (QED) is 0.808. The number of halogens is 2. The highest BCUT2D eigenvalue weighted by molar-refractivity contribution is 9.10. The van der Waals surface area contributed by atoms with E-state index in [2.05, 4.69) is 20.7 Å². The van der Waals surface area contributed by atoms with Gasteiger partial charge in [-0.1, -0.05) is 6.07 Å². The summed E-state index contributed by atoms with van der Waals surface area (Å²) in [5.41, 5.74) is 7.44. The Balaban J connectivity index is 2.54. The summed E-state index contributed by atoms with van der Waals surface area (Å²) in [7, 11) is -3.91. The van der Waals surface area contributed by atoms with Crippen molar-refractivity contribution in [1.82, 2.24) is 0 Å². The smallest absolute Gasteiger partial charge is 0.264 e. The van der Waals surface area contributed by atoms with Crippen molar-refractivity contribution >= 4 is 37.3 Å². The lowest BCUT2D eigenvalue weighted by Crippen LogP contribution is -2.17. The molecule has 3 N–H and O–H groups in total. The molecule has 0 fully saturated rings. The number of nitrogens with two attached hydrogens (primary N) is 1. The molecule has 0 heterocycles. The molecule has 4 nitrogen and oxygen atoms in total. The van der Waals surface area contributed by atoms with Crippen molar-refractivity contribution in [2.45, 2.75) is 18.7 Å². The largest absolute Gasteiger partial charge is 0.398 e. The maximum absolute atomic E-state index is 13.3. The van der Waals surface area contributed by atoms with Crippen LogP contribution in [0.5, 0.6) is 0 Å². The lowest BCUT2D eigenvalue weighted by Gasteiger charge is -2.15. The zero-order valence-corrected chi connectivity index (χ0v) is 13.8. The van der Waals surface area contributed by atoms with Crippen LogP contribution in [-0.4, -0.2) is 8.42 Å². The third-order valence-electron chi connectivity index (χ3n) is 3.15. The molecule has 0 aromatic heterocycles. The van der Waals surface area contributed by atoms with Gasteiger partial charge in [-0.25, -0.2) is 12.8 Å². The van der Waals surface area contributed by atoms with E-state index >= 15 is 0 Å². The van der Waals surface area contributed by atoms with E-state index in [0.717, 1.165) is 11.6 Å². The molecule has 0 aliphatic rings. The molecule has 0 aliphatic heterocycles.